The van der Waals surface area contributed by atoms with Crippen molar-refractivity contribution < 1.29 is 34.8 Å². The molecule has 0 atom stereocenters. The standard InChI is InChI=1S/C14H25F6N5O2S/c1-21-12(22-5-8-24(2)10-13(15,16)17)23-9-11-3-6-25(7-4-11)28(26,27)14(18,19)20/h11H,3-10H2,1-2H3,(H2,21,22,23). The Morgan fingerprint density at radius 3 is 2.18 bits per heavy atom. The van der Waals surface area contributed by atoms with E-state index < -0.39 is 28.3 Å². The van der Waals surface area contributed by atoms with Crippen molar-refractivity contribution in [3.8, 4) is 0 Å². The highest BCUT2D eigenvalue weighted by molar-refractivity contribution is 7.90. The number of nitrogens with zero attached hydrogens (tertiary/aromatic N) is 3. The molecule has 0 saturated carbocycles. The van der Waals surface area contributed by atoms with Crippen LogP contribution >= 0.6 is 0 Å². The number of guanidine groups is 1. The second-order valence-corrected chi connectivity index (χ2v) is 8.46. The molecule has 0 aromatic rings. The van der Waals surface area contributed by atoms with Crippen LogP contribution < -0.4 is 10.6 Å². The minimum atomic E-state index is -5.30. The molecule has 0 radical (unpaired) electrons. The molecule has 1 fully saturated rings. The zero-order valence-corrected chi connectivity index (χ0v) is 16.4. The van der Waals surface area contributed by atoms with Crippen molar-refractivity contribution in [1.29, 1.82) is 0 Å². The van der Waals surface area contributed by atoms with E-state index in [0.717, 1.165) is 4.90 Å². The topological polar surface area (TPSA) is 77.0 Å². The van der Waals surface area contributed by atoms with Gasteiger partial charge in [0.25, 0.3) is 0 Å². The molecule has 0 unspecified atom stereocenters. The van der Waals surface area contributed by atoms with Crippen LogP contribution in [-0.4, -0.2) is 88.6 Å². The SMILES string of the molecule is CN=C(NCCN(C)CC(F)(F)F)NCC1CCN(S(=O)(=O)C(F)(F)F)CC1. The fraction of sp³-hybridized carbons (Fsp3) is 0.929. The molecule has 1 heterocycles. The van der Waals surface area contributed by atoms with E-state index in [4.69, 9.17) is 0 Å². The molecule has 0 bridgehead atoms. The lowest BCUT2D eigenvalue weighted by molar-refractivity contribution is -0.142. The summed E-state index contributed by atoms with van der Waals surface area (Å²) in [7, 11) is -2.48. The van der Waals surface area contributed by atoms with Gasteiger partial charge in [-0.2, -0.15) is 30.6 Å². The number of hydrogen-bond acceptors (Lipinski definition) is 4. The first kappa shape index (κ1) is 24.8. The van der Waals surface area contributed by atoms with Crippen molar-refractivity contribution in [2.45, 2.75) is 24.5 Å². The highest BCUT2D eigenvalue weighted by atomic mass is 32.2. The number of halogens is 6. The lowest BCUT2D eigenvalue weighted by Crippen LogP contribution is -2.47. The van der Waals surface area contributed by atoms with E-state index in [1.165, 1.54) is 14.1 Å². The normalized spacial score (nSPS) is 18.5. The summed E-state index contributed by atoms with van der Waals surface area (Å²) in [6.07, 6.45) is -3.76. The quantitative estimate of drug-likeness (QED) is 0.353. The Balaban J connectivity index is 2.34. The highest BCUT2D eigenvalue weighted by Gasteiger charge is 2.50. The molecule has 1 aliphatic heterocycles. The maximum absolute atomic E-state index is 12.5. The number of piperidine rings is 1. The van der Waals surface area contributed by atoms with Gasteiger partial charge in [-0.15, -0.1) is 0 Å². The van der Waals surface area contributed by atoms with Crippen LogP contribution in [0.3, 0.4) is 0 Å². The summed E-state index contributed by atoms with van der Waals surface area (Å²) in [4.78, 5) is 5.04. The van der Waals surface area contributed by atoms with E-state index in [2.05, 4.69) is 15.6 Å². The number of alkyl halides is 6. The van der Waals surface area contributed by atoms with E-state index in [0.29, 0.717) is 16.8 Å². The molecule has 1 saturated heterocycles. The molecule has 0 aliphatic carbocycles. The molecule has 1 aliphatic rings. The predicted octanol–water partition coefficient (Wildman–Crippen LogP) is 1.21. The average molecular weight is 441 g/mol. The second-order valence-electron chi connectivity index (χ2n) is 6.53. The van der Waals surface area contributed by atoms with Gasteiger partial charge in [0.2, 0.25) is 0 Å². The molecule has 1 rings (SSSR count). The van der Waals surface area contributed by atoms with Gasteiger partial charge in [-0.3, -0.25) is 9.89 Å². The van der Waals surface area contributed by atoms with E-state index in [1.54, 1.807) is 0 Å². The monoisotopic (exact) mass is 441 g/mol. The zero-order valence-electron chi connectivity index (χ0n) is 15.6. The lowest BCUT2D eigenvalue weighted by Gasteiger charge is -2.31. The molecule has 0 aromatic heterocycles. The third-order valence-electron chi connectivity index (χ3n) is 4.22. The van der Waals surface area contributed by atoms with Gasteiger partial charge in [0.05, 0.1) is 6.54 Å². The van der Waals surface area contributed by atoms with Gasteiger partial charge in [0.15, 0.2) is 5.96 Å². The van der Waals surface area contributed by atoms with E-state index >= 15 is 0 Å². The van der Waals surface area contributed by atoms with Crippen molar-refractivity contribution in [3.05, 3.63) is 0 Å². The van der Waals surface area contributed by atoms with E-state index in [-0.39, 0.29) is 44.9 Å². The van der Waals surface area contributed by atoms with Crippen molar-refractivity contribution >= 4 is 16.0 Å². The number of rotatable bonds is 7. The summed E-state index contributed by atoms with van der Waals surface area (Å²) in [5, 5.41) is 5.81. The van der Waals surface area contributed by atoms with Crippen molar-refractivity contribution in [3.63, 3.8) is 0 Å². The minimum Gasteiger partial charge on any atom is -0.356 e. The van der Waals surface area contributed by atoms with E-state index in [9.17, 15) is 34.8 Å². The first-order valence-corrected chi connectivity index (χ1v) is 9.96. The largest absolute Gasteiger partial charge is 0.511 e. The maximum Gasteiger partial charge on any atom is 0.511 e. The van der Waals surface area contributed by atoms with Crippen LogP contribution in [0.5, 0.6) is 0 Å². The van der Waals surface area contributed by atoms with Gasteiger partial charge in [0.1, 0.15) is 0 Å². The van der Waals surface area contributed by atoms with Crippen LogP contribution in [-0.2, 0) is 10.0 Å². The third-order valence-corrected chi connectivity index (χ3v) is 5.85. The molecule has 14 heteroatoms. The predicted molar refractivity (Wildman–Crippen MR) is 92.2 cm³/mol. The Hall–Kier alpha value is -1.28. The van der Waals surface area contributed by atoms with Gasteiger partial charge in [-0.1, -0.05) is 0 Å². The summed E-state index contributed by atoms with van der Waals surface area (Å²) in [5.74, 6) is 0.303. The van der Waals surface area contributed by atoms with Crippen LogP contribution in [0.25, 0.3) is 0 Å². The van der Waals surface area contributed by atoms with Crippen molar-refractivity contribution in [1.82, 2.24) is 19.8 Å². The number of hydrogen-bond donors (Lipinski definition) is 2. The van der Waals surface area contributed by atoms with Gasteiger partial charge in [0, 0.05) is 39.8 Å². The Kier molecular flexibility index (Phi) is 8.81. The van der Waals surface area contributed by atoms with Crippen LogP contribution in [0.4, 0.5) is 26.3 Å². The van der Waals surface area contributed by atoms with Crippen LogP contribution in [0, 0.1) is 5.92 Å². The summed E-state index contributed by atoms with van der Waals surface area (Å²) in [5.41, 5.74) is -5.30. The lowest BCUT2D eigenvalue weighted by atomic mass is 9.98. The summed E-state index contributed by atoms with van der Waals surface area (Å²) in [6.45, 7) is -0.759. The van der Waals surface area contributed by atoms with Crippen molar-refractivity contribution in [2.24, 2.45) is 10.9 Å². The van der Waals surface area contributed by atoms with Gasteiger partial charge < -0.3 is 10.6 Å². The highest BCUT2D eigenvalue weighted by Crippen LogP contribution is 2.30. The summed E-state index contributed by atoms with van der Waals surface area (Å²) < 4.78 is 97.6. The van der Waals surface area contributed by atoms with E-state index in [1.807, 2.05) is 0 Å². The smallest absolute Gasteiger partial charge is 0.356 e. The van der Waals surface area contributed by atoms with Crippen LogP contribution in [0.15, 0.2) is 4.99 Å². The van der Waals surface area contributed by atoms with Gasteiger partial charge in [-0.25, -0.2) is 8.42 Å². The molecular weight excluding hydrogens is 416 g/mol. The fourth-order valence-electron chi connectivity index (χ4n) is 2.71. The Morgan fingerprint density at radius 1 is 1.14 bits per heavy atom. The van der Waals surface area contributed by atoms with Gasteiger partial charge in [-0.05, 0) is 25.8 Å². The summed E-state index contributed by atoms with van der Waals surface area (Å²) >= 11 is 0. The molecular formula is C14H25F6N5O2S. The first-order chi connectivity index (χ1) is 12.8. The first-order valence-electron chi connectivity index (χ1n) is 8.52. The number of likely N-dealkylation sites (N-methyl/N-ethyl adjacent to an activating group) is 1. The fourth-order valence-corrected chi connectivity index (χ4v) is 3.70. The maximum atomic E-state index is 12.5. The molecule has 28 heavy (non-hydrogen) atoms. The minimum absolute atomic E-state index is 0.0499. The molecule has 2 N–H and O–H groups in total. The van der Waals surface area contributed by atoms with Gasteiger partial charge >= 0.3 is 21.7 Å². The average Bonchev–Trinajstić information content (AvgIpc) is 2.55. The van der Waals surface area contributed by atoms with Crippen molar-refractivity contribution in [2.75, 3.05) is 53.4 Å². The molecule has 0 aromatic carbocycles. The van der Waals surface area contributed by atoms with Crippen LogP contribution in [0.2, 0.25) is 0 Å². The third kappa shape index (κ3) is 7.99. The Morgan fingerprint density at radius 2 is 1.71 bits per heavy atom. The molecule has 0 spiro atoms. The van der Waals surface area contributed by atoms with Crippen LogP contribution in [0.1, 0.15) is 12.8 Å². The molecule has 7 nitrogen and oxygen atoms in total. The second kappa shape index (κ2) is 9.96. The number of nitrogens with one attached hydrogen (secondary N) is 2. The summed E-state index contributed by atoms with van der Waals surface area (Å²) in [6, 6.07) is 0. The zero-order chi connectivity index (χ0) is 21.6. The molecule has 0 amide bonds. The Labute approximate surface area is 160 Å². The Bertz CT molecular complexity index is 615. The molecule has 166 valence electrons. The number of sulfonamides is 1. The number of aliphatic imine (C=N–C) groups is 1.